The van der Waals surface area contributed by atoms with Gasteiger partial charge in [0.1, 0.15) is 5.02 Å². The number of amides is 1. The highest BCUT2D eigenvalue weighted by molar-refractivity contribution is 6.32. The van der Waals surface area contributed by atoms with Gasteiger partial charge in [0.2, 0.25) is 11.9 Å². The van der Waals surface area contributed by atoms with Crippen LogP contribution in [0.25, 0.3) is 0 Å². The van der Waals surface area contributed by atoms with Crippen molar-refractivity contribution in [2.24, 2.45) is 0 Å². The molecule has 1 saturated heterocycles. The lowest BCUT2D eigenvalue weighted by Gasteiger charge is -2.22. The lowest BCUT2D eigenvalue weighted by atomic mass is 10.4. The smallest absolute Gasteiger partial charge is 0.241 e. The van der Waals surface area contributed by atoms with Crippen LogP contribution in [-0.2, 0) is 4.79 Å². The van der Waals surface area contributed by atoms with Gasteiger partial charge in [-0.15, -0.1) is 0 Å². The zero-order chi connectivity index (χ0) is 14.5. The molecule has 0 aromatic carbocycles. The lowest BCUT2D eigenvalue weighted by molar-refractivity contribution is -0.127. The molecule has 0 bridgehead atoms. The molecule has 110 valence electrons. The Kier molecular flexibility index (Phi) is 5.00. The maximum atomic E-state index is 11.9. The minimum absolute atomic E-state index is 0.0836. The van der Waals surface area contributed by atoms with Crippen LogP contribution in [0.3, 0.4) is 0 Å². The summed E-state index contributed by atoms with van der Waals surface area (Å²) in [7, 11) is 1.82. The van der Waals surface area contributed by atoms with Crippen LogP contribution in [0.2, 0.25) is 5.02 Å². The number of halogens is 1. The van der Waals surface area contributed by atoms with E-state index in [1.165, 1.54) is 0 Å². The highest BCUT2D eigenvalue weighted by Crippen LogP contribution is 2.24. The standard InChI is InChI=1S/C13H20ClN5O/c1-3-5-15-13-16-8-10(14)12(17-13)19-7-4-6-18(2)11(20)9-19/h8H,3-7,9H2,1-2H3,(H,15,16,17). The molecule has 1 aliphatic heterocycles. The van der Waals surface area contributed by atoms with Crippen molar-refractivity contribution < 1.29 is 4.79 Å². The van der Waals surface area contributed by atoms with Crippen molar-refractivity contribution in [2.45, 2.75) is 19.8 Å². The molecule has 7 heteroatoms. The first kappa shape index (κ1) is 14.8. The fraction of sp³-hybridized carbons (Fsp3) is 0.615. The molecule has 0 atom stereocenters. The zero-order valence-electron chi connectivity index (χ0n) is 11.9. The Hall–Kier alpha value is -1.56. The molecule has 0 aliphatic carbocycles. The number of nitrogens with zero attached hydrogens (tertiary/aromatic N) is 4. The van der Waals surface area contributed by atoms with E-state index in [4.69, 9.17) is 11.6 Å². The number of hydrogen-bond acceptors (Lipinski definition) is 5. The van der Waals surface area contributed by atoms with E-state index in [0.29, 0.717) is 23.3 Å². The largest absolute Gasteiger partial charge is 0.354 e. The monoisotopic (exact) mass is 297 g/mol. The maximum absolute atomic E-state index is 11.9. The summed E-state index contributed by atoms with van der Waals surface area (Å²) >= 11 is 6.18. The summed E-state index contributed by atoms with van der Waals surface area (Å²) in [5.74, 6) is 1.26. The van der Waals surface area contributed by atoms with Gasteiger partial charge in [0.25, 0.3) is 0 Å². The normalized spacial score (nSPS) is 16.2. The number of anilines is 2. The topological polar surface area (TPSA) is 61.4 Å². The second kappa shape index (κ2) is 6.74. The van der Waals surface area contributed by atoms with Crippen molar-refractivity contribution in [2.75, 3.05) is 43.4 Å². The Labute approximate surface area is 124 Å². The van der Waals surface area contributed by atoms with Gasteiger partial charge in [0.05, 0.1) is 12.7 Å². The van der Waals surface area contributed by atoms with Gasteiger partial charge in [0.15, 0.2) is 5.82 Å². The van der Waals surface area contributed by atoms with Crippen molar-refractivity contribution in [3.63, 3.8) is 0 Å². The number of carbonyl (C=O) groups is 1. The van der Waals surface area contributed by atoms with Crippen LogP contribution in [0.1, 0.15) is 19.8 Å². The SMILES string of the molecule is CCCNc1ncc(Cl)c(N2CCCN(C)C(=O)C2)n1. The number of carbonyl (C=O) groups excluding carboxylic acids is 1. The predicted octanol–water partition coefficient (Wildman–Crippen LogP) is 1.62. The molecule has 0 radical (unpaired) electrons. The molecular weight excluding hydrogens is 278 g/mol. The molecule has 2 rings (SSSR count). The van der Waals surface area contributed by atoms with Gasteiger partial charge in [0, 0.05) is 26.7 Å². The van der Waals surface area contributed by atoms with E-state index in [0.717, 1.165) is 32.5 Å². The highest BCUT2D eigenvalue weighted by atomic mass is 35.5. The molecule has 2 heterocycles. The lowest BCUT2D eigenvalue weighted by Crippen LogP contribution is -2.35. The molecule has 0 saturated carbocycles. The molecule has 1 fully saturated rings. The van der Waals surface area contributed by atoms with Gasteiger partial charge >= 0.3 is 0 Å². The molecule has 1 aromatic rings. The summed E-state index contributed by atoms with van der Waals surface area (Å²) in [4.78, 5) is 24.2. The fourth-order valence-electron chi connectivity index (χ4n) is 2.07. The van der Waals surface area contributed by atoms with Crippen molar-refractivity contribution >= 4 is 29.3 Å². The molecule has 1 N–H and O–H groups in total. The highest BCUT2D eigenvalue weighted by Gasteiger charge is 2.22. The second-order valence-electron chi connectivity index (χ2n) is 4.88. The number of hydrogen-bond donors (Lipinski definition) is 1. The summed E-state index contributed by atoms with van der Waals surface area (Å²) in [6, 6.07) is 0. The average Bonchev–Trinajstić information content (AvgIpc) is 2.60. The maximum Gasteiger partial charge on any atom is 0.241 e. The minimum Gasteiger partial charge on any atom is -0.354 e. The first-order valence-electron chi connectivity index (χ1n) is 6.87. The first-order chi connectivity index (χ1) is 9.61. The molecule has 20 heavy (non-hydrogen) atoms. The average molecular weight is 298 g/mol. The van der Waals surface area contributed by atoms with Crippen LogP contribution >= 0.6 is 11.6 Å². The molecule has 0 unspecified atom stereocenters. The number of nitrogens with one attached hydrogen (secondary N) is 1. The van der Waals surface area contributed by atoms with Crippen LogP contribution < -0.4 is 10.2 Å². The summed E-state index contributed by atoms with van der Waals surface area (Å²) in [5.41, 5.74) is 0. The van der Waals surface area contributed by atoms with Crippen molar-refractivity contribution in [3.05, 3.63) is 11.2 Å². The third-order valence-electron chi connectivity index (χ3n) is 3.23. The number of rotatable bonds is 4. The summed E-state index contributed by atoms with van der Waals surface area (Å²) < 4.78 is 0. The molecule has 0 spiro atoms. The van der Waals surface area contributed by atoms with E-state index in [-0.39, 0.29) is 5.91 Å². The Bertz CT molecular complexity index is 482. The van der Waals surface area contributed by atoms with Gasteiger partial charge in [-0.1, -0.05) is 18.5 Å². The third-order valence-corrected chi connectivity index (χ3v) is 3.50. The molecular formula is C13H20ClN5O. The zero-order valence-corrected chi connectivity index (χ0v) is 12.7. The second-order valence-corrected chi connectivity index (χ2v) is 5.29. The fourth-order valence-corrected chi connectivity index (χ4v) is 2.28. The number of likely N-dealkylation sites (N-methyl/N-ethyl adjacent to an activating group) is 1. The van der Waals surface area contributed by atoms with E-state index < -0.39 is 0 Å². The molecule has 1 amide bonds. The summed E-state index contributed by atoms with van der Waals surface area (Å²) in [6.07, 6.45) is 3.48. The third kappa shape index (κ3) is 3.50. The molecule has 1 aliphatic rings. The van der Waals surface area contributed by atoms with Crippen molar-refractivity contribution in [3.8, 4) is 0 Å². The van der Waals surface area contributed by atoms with E-state index in [1.54, 1.807) is 11.1 Å². The van der Waals surface area contributed by atoms with Crippen LogP contribution in [-0.4, -0.2) is 54.0 Å². The van der Waals surface area contributed by atoms with Gasteiger partial charge < -0.3 is 15.1 Å². The van der Waals surface area contributed by atoms with Crippen LogP contribution in [0.5, 0.6) is 0 Å². The predicted molar refractivity (Wildman–Crippen MR) is 80.3 cm³/mol. The van der Waals surface area contributed by atoms with Crippen molar-refractivity contribution in [1.29, 1.82) is 0 Å². The molecule has 6 nitrogen and oxygen atoms in total. The Balaban J connectivity index is 2.19. The van der Waals surface area contributed by atoms with E-state index in [9.17, 15) is 4.79 Å². The quantitative estimate of drug-likeness (QED) is 0.915. The van der Waals surface area contributed by atoms with Gasteiger partial charge in [-0.25, -0.2) is 4.98 Å². The summed E-state index contributed by atoms with van der Waals surface area (Å²) in [6.45, 7) is 4.72. The van der Waals surface area contributed by atoms with Gasteiger partial charge in [-0.05, 0) is 12.8 Å². The van der Waals surface area contributed by atoms with Crippen LogP contribution in [0.4, 0.5) is 11.8 Å². The van der Waals surface area contributed by atoms with Gasteiger partial charge in [-0.2, -0.15) is 4.98 Å². The Morgan fingerprint density at radius 2 is 2.25 bits per heavy atom. The van der Waals surface area contributed by atoms with Gasteiger partial charge in [-0.3, -0.25) is 4.79 Å². The first-order valence-corrected chi connectivity index (χ1v) is 7.25. The Morgan fingerprint density at radius 3 is 3.00 bits per heavy atom. The van der Waals surface area contributed by atoms with Crippen LogP contribution in [0.15, 0.2) is 6.20 Å². The van der Waals surface area contributed by atoms with E-state index >= 15 is 0 Å². The molecule has 1 aromatic heterocycles. The van der Waals surface area contributed by atoms with E-state index in [2.05, 4.69) is 22.2 Å². The summed E-state index contributed by atoms with van der Waals surface area (Å²) in [5, 5.41) is 3.61. The minimum atomic E-state index is 0.0836. The van der Waals surface area contributed by atoms with Crippen molar-refractivity contribution in [1.82, 2.24) is 14.9 Å². The number of aromatic nitrogens is 2. The van der Waals surface area contributed by atoms with E-state index in [1.807, 2.05) is 11.9 Å². The Morgan fingerprint density at radius 1 is 1.45 bits per heavy atom. The van der Waals surface area contributed by atoms with Crippen LogP contribution in [0, 0.1) is 0 Å².